The summed E-state index contributed by atoms with van der Waals surface area (Å²) in [5, 5.41) is 14.4. The van der Waals surface area contributed by atoms with Gasteiger partial charge in [0.05, 0.1) is 4.92 Å². The molecule has 2 atom stereocenters. The lowest BCUT2D eigenvalue weighted by molar-refractivity contribution is -0.386. The highest BCUT2D eigenvalue weighted by atomic mass is 79.9. The molecule has 100 valence electrons. The maximum absolute atomic E-state index is 11.0. The molecule has 0 amide bonds. The van der Waals surface area contributed by atoms with Crippen molar-refractivity contribution in [2.24, 2.45) is 0 Å². The van der Waals surface area contributed by atoms with Gasteiger partial charge in [-0.05, 0) is 35.8 Å². The average molecular weight is 316 g/mol. The zero-order chi connectivity index (χ0) is 13.7. The van der Waals surface area contributed by atoms with Gasteiger partial charge in [0.25, 0.3) is 5.69 Å². The Balaban J connectivity index is 2.97. The number of nitrogens with one attached hydrogen (secondary N) is 1. The fourth-order valence-corrected chi connectivity index (χ4v) is 2.04. The zero-order valence-corrected chi connectivity index (χ0v) is 12.4. The molecule has 0 bridgehead atoms. The number of nitrogens with zero attached hydrogens (tertiary/aromatic N) is 2. The van der Waals surface area contributed by atoms with Crippen molar-refractivity contribution in [2.45, 2.75) is 39.2 Å². The Morgan fingerprint density at radius 2 is 2.22 bits per heavy atom. The molecular weight excluding hydrogens is 298 g/mol. The van der Waals surface area contributed by atoms with E-state index in [1.165, 1.54) is 6.07 Å². The number of hydrogen-bond donors (Lipinski definition) is 1. The van der Waals surface area contributed by atoms with Gasteiger partial charge in [0.1, 0.15) is 5.69 Å². The summed E-state index contributed by atoms with van der Waals surface area (Å²) >= 11 is 3.21. The fourth-order valence-electron chi connectivity index (χ4n) is 1.72. The SMILES string of the molecule is CCCNC(C)C(C)c1ncc(Br)cc1[N+](=O)[O-]. The predicted molar refractivity (Wildman–Crippen MR) is 74.8 cm³/mol. The van der Waals surface area contributed by atoms with E-state index in [0.29, 0.717) is 10.2 Å². The van der Waals surface area contributed by atoms with Crippen LogP contribution in [-0.4, -0.2) is 22.5 Å². The van der Waals surface area contributed by atoms with Crippen LogP contribution in [0.4, 0.5) is 5.69 Å². The summed E-state index contributed by atoms with van der Waals surface area (Å²) in [5.41, 5.74) is 0.598. The highest BCUT2D eigenvalue weighted by molar-refractivity contribution is 9.10. The van der Waals surface area contributed by atoms with Crippen LogP contribution in [0.3, 0.4) is 0 Å². The van der Waals surface area contributed by atoms with Crippen molar-refractivity contribution >= 4 is 21.6 Å². The molecule has 0 aliphatic carbocycles. The third-order valence-electron chi connectivity index (χ3n) is 2.96. The lowest BCUT2D eigenvalue weighted by Gasteiger charge is -2.20. The topological polar surface area (TPSA) is 68.1 Å². The second-order valence-electron chi connectivity index (χ2n) is 4.35. The van der Waals surface area contributed by atoms with Gasteiger partial charge in [0.15, 0.2) is 0 Å². The smallest absolute Gasteiger partial charge is 0.292 e. The number of nitro groups is 1. The van der Waals surface area contributed by atoms with Gasteiger partial charge in [0, 0.05) is 28.7 Å². The van der Waals surface area contributed by atoms with E-state index in [1.807, 2.05) is 13.8 Å². The molecule has 0 radical (unpaired) electrons. The van der Waals surface area contributed by atoms with Gasteiger partial charge >= 0.3 is 0 Å². The van der Waals surface area contributed by atoms with Crippen molar-refractivity contribution in [1.29, 1.82) is 0 Å². The van der Waals surface area contributed by atoms with Crippen molar-refractivity contribution in [3.8, 4) is 0 Å². The third-order valence-corrected chi connectivity index (χ3v) is 3.39. The summed E-state index contributed by atoms with van der Waals surface area (Å²) < 4.78 is 0.624. The van der Waals surface area contributed by atoms with Crippen molar-refractivity contribution in [1.82, 2.24) is 10.3 Å². The van der Waals surface area contributed by atoms with E-state index in [9.17, 15) is 10.1 Å². The number of pyridine rings is 1. The normalized spacial score (nSPS) is 14.2. The van der Waals surface area contributed by atoms with E-state index in [-0.39, 0.29) is 22.6 Å². The second kappa shape index (κ2) is 6.80. The number of rotatable bonds is 6. The Kier molecular flexibility index (Phi) is 5.68. The second-order valence-corrected chi connectivity index (χ2v) is 5.26. The van der Waals surface area contributed by atoms with Crippen LogP contribution in [0.2, 0.25) is 0 Å². The minimum absolute atomic E-state index is 0.00921. The van der Waals surface area contributed by atoms with Gasteiger partial charge in [-0.25, -0.2) is 0 Å². The minimum Gasteiger partial charge on any atom is -0.314 e. The molecule has 5 nitrogen and oxygen atoms in total. The number of halogens is 1. The first kappa shape index (κ1) is 15.0. The molecule has 0 spiro atoms. The summed E-state index contributed by atoms with van der Waals surface area (Å²) in [6.07, 6.45) is 2.64. The van der Waals surface area contributed by atoms with Crippen LogP contribution in [0.25, 0.3) is 0 Å². The monoisotopic (exact) mass is 315 g/mol. The van der Waals surface area contributed by atoms with E-state index >= 15 is 0 Å². The molecule has 0 aliphatic rings. The Morgan fingerprint density at radius 3 is 2.78 bits per heavy atom. The van der Waals surface area contributed by atoms with Crippen LogP contribution < -0.4 is 5.32 Å². The molecule has 1 N–H and O–H groups in total. The summed E-state index contributed by atoms with van der Waals surface area (Å²) in [4.78, 5) is 14.9. The average Bonchev–Trinajstić information content (AvgIpc) is 2.34. The lowest BCUT2D eigenvalue weighted by Crippen LogP contribution is -2.32. The Morgan fingerprint density at radius 1 is 1.56 bits per heavy atom. The van der Waals surface area contributed by atoms with Crippen LogP contribution in [0.5, 0.6) is 0 Å². The lowest BCUT2D eigenvalue weighted by atomic mass is 9.97. The van der Waals surface area contributed by atoms with Crippen LogP contribution in [0.1, 0.15) is 38.8 Å². The van der Waals surface area contributed by atoms with Gasteiger partial charge in [-0.1, -0.05) is 13.8 Å². The van der Waals surface area contributed by atoms with Gasteiger partial charge in [0.2, 0.25) is 0 Å². The standard InChI is InChI=1S/C12H18BrN3O2/c1-4-5-14-9(3)8(2)12-11(16(17)18)6-10(13)7-15-12/h6-9,14H,4-5H2,1-3H3. The Bertz CT molecular complexity index is 426. The number of aromatic nitrogens is 1. The van der Waals surface area contributed by atoms with Crippen molar-refractivity contribution < 1.29 is 4.92 Å². The molecule has 6 heteroatoms. The predicted octanol–water partition coefficient (Wildman–Crippen LogP) is 3.24. The molecule has 1 heterocycles. The van der Waals surface area contributed by atoms with Crippen molar-refractivity contribution in [3.05, 3.63) is 32.5 Å². The number of hydrogen-bond acceptors (Lipinski definition) is 4. The maximum atomic E-state index is 11.0. The Hall–Kier alpha value is -1.01. The summed E-state index contributed by atoms with van der Waals surface area (Å²) in [5.74, 6) is -0.00921. The molecule has 2 unspecified atom stereocenters. The molecule has 0 saturated carbocycles. The molecule has 0 aliphatic heterocycles. The molecular formula is C12H18BrN3O2. The quantitative estimate of drug-likeness (QED) is 0.646. The molecule has 18 heavy (non-hydrogen) atoms. The van der Waals surface area contributed by atoms with Crippen molar-refractivity contribution in [2.75, 3.05) is 6.54 Å². The first-order valence-corrected chi connectivity index (χ1v) is 6.79. The first-order valence-electron chi connectivity index (χ1n) is 6.00. The highest BCUT2D eigenvalue weighted by Gasteiger charge is 2.24. The van der Waals surface area contributed by atoms with E-state index in [1.54, 1.807) is 6.20 Å². The third kappa shape index (κ3) is 3.74. The minimum atomic E-state index is -0.379. The fraction of sp³-hybridized carbons (Fsp3) is 0.583. The molecule has 1 aromatic rings. The zero-order valence-electron chi connectivity index (χ0n) is 10.8. The van der Waals surface area contributed by atoms with E-state index in [0.717, 1.165) is 13.0 Å². The highest BCUT2D eigenvalue weighted by Crippen LogP contribution is 2.28. The van der Waals surface area contributed by atoms with E-state index in [2.05, 4.69) is 33.2 Å². The van der Waals surface area contributed by atoms with Crippen molar-refractivity contribution in [3.63, 3.8) is 0 Å². The van der Waals surface area contributed by atoms with E-state index < -0.39 is 0 Å². The first-order chi connectivity index (χ1) is 8.47. The molecule has 0 saturated heterocycles. The van der Waals surface area contributed by atoms with E-state index in [4.69, 9.17) is 0 Å². The Labute approximate surface area is 115 Å². The van der Waals surface area contributed by atoms with Crippen LogP contribution in [-0.2, 0) is 0 Å². The van der Waals surface area contributed by atoms with Crippen LogP contribution in [0.15, 0.2) is 16.7 Å². The largest absolute Gasteiger partial charge is 0.314 e. The van der Waals surface area contributed by atoms with Gasteiger partial charge in [-0.15, -0.1) is 0 Å². The van der Waals surface area contributed by atoms with Crippen LogP contribution in [0, 0.1) is 10.1 Å². The van der Waals surface area contributed by atoms with Gasteiger partial charge in [-0.2, -0.15) is 0 Å². The molecule has 1 aromatic heterocycles. The molecule has 1 rings (SSSR count). The van der Waals surface area contributed by atoms with Crippen LogP contribution >= 0.6 is 15.9 Å². The van der Waals surface area contributed by atoms with Gasteiger partial charge < -0.3 is 5.32 Å². The molecule has 0 fully saturated rings. The summed E-state index contributed by atoms with van der Waals surface area (Å²) in [6, 6.07) is 1.66. The van der Waals surface area contributed by atoms with Gasteiger partial charge in [-0.3, -0.25) is 15.1 Å². The maximum Gasteiger partial charge on any atom is 0.292 e. The summed E-state index contributed by atoms with van der Waals surface area (Å²) in [6.45, 7) is 6.96. The molecule has 0 aromatic carbocycles. The summed E-state index contributed by atoms with van der Waals surface area (Å²) in [7, 11) is 0.